The summed E-state index contributed by atoms with van der Waals surface area (Å²) in [5.74, 6) is 0.172. The number of hydrogen-bond acceptors (Lipinski definition) is 3. The Morgan fingerprint density at radius 2 is 1.41 bits per heavy atom. The maximum absolute atomic E-state index is 10.7. The standard InChI is InChI=1S/C18H36O3S/c1-3-4-5-6-7-8-9-10-11-12-13-17(19)15-22-14-16(2)18(20)21/h16-17,19H,3-15H2,1-2H3,(H,20,21). The lowest BCUT2D eigenvalue weighted by Gasteiger charge is -2.11. The maximum Gasteiger partial charge on any atom is 0.307 e. The van der Waals surface area contributed by atoms with E-state index in [0.717, 1.165) is 12.8 Å². The van der Waals surface area contributed by atoms with Crippen molar-refractivity contribution in [3.05, 3.63) is 0 Å². The largest absolute Gasteiger partial charge is 0.481 e. The number of thioether (sulfide) groups is 1. The van der Waals surface area contributed by atoms with Gasteiger partial charge < -0.3 is 10.2 Å². The quantitative estimate of drug-likeness (QED) is 0.385. The van der Waals surface area contributed by atoms with Gasteiger partial charge in [0.2, 0.25) is 0 Å². The van der Waals surface area contributed by atoms with Gasteiger partial charge in [-0.25, -0.2) is 0 Å². The van der Waals surface area contributed by atoms with Crippen LogP contribution in [0.15, 0.2) is 0 Å². The van der Waals surface area contributed by atoms with E-state index in [1.54, 1.807) is 18.7 Å². The molecule has 0 heterocycles. The molecule has 0 aromatic carbocycles. The van der Waals surface area contributed by atoms with Crippen LogP contribution in [0.2, 0.25) is 0 Å². The molecule has 132 valence electrons. The third kappa shape index (κ3) is 14.7. The van der Waals surface area contributed by atoms with Crippen LogP contribution in [0.5, 0.6) is 0 Å². The first-order valence-electron chi connectivity index (χ1n) is 9.06. The third-order valence-electron chi connectivity index (χ3n) is 3.99. The number of aliphatic carboxylic acids is 1. The molecule has 0 aromatic rings. The molecule has 0 aliphatic heterocycles. The van der Waals surface area contributed by atoms with E-state index in [9.17, 15) is 9.90 Å². The summed E-state index contributed by atoms with van der Waals surface area (Å²) >= 11 is 1.55. The predicted octanol–water partition coefficient (Wildman–Crippen LogP) is 5.11. The Hall–Kier alpha value is -0.220. The molecule has 0 fully saturated rings. The van der Waals surface area contributed by atoms with Crippen molar-refractivity contribution in [2.75, 3.05) is 11.5 Å². The highest BCUT2D eigenvalue weighted by atomic mass is 32.2. The second-order valence-electron chi connectivity index (χ2n) is 6.40. The summed E-state index contributed by atoms with van der Waals surface area (Å²) in [5.41, 5.74) is 0. The molecule has 0 saturated heterocycles. The zero-order valence-corrected chi connectivity index (χ0v) is 15.4. The number of carbonyl (C=O) groups is 1. The van der Waals surface area contributed by atoms with Crippen molar-refractivity contribution in [2.45, 2.75) is 90.6 Å². The first-order valence-corrected chi connectivity index (χ1v) is 10.2. The Balaban J connectivity index is 3.25. The van der Waals surface area contributed by atoms with E-state index in [1.807, 2.05) is 0 Å². The summed E-state index contributed by atoms with van der Waals surface area (Å²) in [5, 5.41) is 18.6. The average molecular weight is 333 g/mol. The van der Waals surface area contributed by atoms with Crippen molar-refractivity contribution in [2.24, 2.45) is 5.92 Å². The van der Waals surface area contributed by atoms with Gasteiger partial charge in [0.25, 0.3) is 0 Å². The smallest absolute Gasteiger partial charge is 0.307 e. The van der Waals surface area contributed by atoms with Gasteiger partial charge in [-0.3, -0.25) is 4.79 Å². The number of rotatable bonds is 16. The summed E-state index contributed by atoms with van der Waals surface area (Å²) in [7, 11) is 0. The van der Waals surface area contributed by atoms with E-state index in [1.165, 1.54) is 57.8 Å². The molecule has 0 saturated carbocycles. The van der Waals surface area contributed by atoms with Crippen LogP contribution in [-0.2, 0) is 4.79 Å². The zero-order valence-electron chi connectivity index (χ0n) is 14.6. The molecule has 2 atom stereocenters. The second-order valence-corrected chi connectivity index (χ2v) is 7.48. The fourth-order valence-corrected chi connectivity index (χ4v) is 3.47. The normalized spacial score (nSPS) is 14.0. The van der Waals surface area contributed by atoms with Gasteiger partial charge in [-0.05, 0) is 6.42 Å². The van der Waals surface area contributed by atoms with Gasteiger partial charge in [0.15, 0.2) is 0 Å². The topological polar surface area (TPSA) is 57.5 Å². The third-order valence-corrected chi connectivity index (χ3v) is 5.35. The van der Waals surface area contributed by atoms with Gasteiger partial charge in [-0.1, -0.05) is 78.1 Å². The van der Waals surface area contributed by atoms with Crippen LogP contribution < -0.4 is 0 Å². The van der Waals surface area contributed by atoms with Gasteiger partial charge in [0, 0.05) is 11.5 Å². The van der Waals surface area contributed by atoms with E-state index in [2.05, 4.69) is 6.92 Å². The molecule has 0 aliphatic rings. The van der Waals surface area contributed by atoms with Crippen LogP contribution in [0.1, 0.15) is 84.5 Å². The van der Waals surface area contributed by atoms with Crippen LogP contribution >= 0.6 is 11.8 Å². The number of aliphatic hydroxyl groups is 1. The molecule has 0 radical (unpaired) electrons. The van der Waals surface area contributed by atoms with Crippen molar-refractivity contribution in [3.63, 3.8) is 0 Å². The van der Waals surface area contributed by atoms with E-state index >= 15 is 0 Å². The first kappa shape index (κ1) is 21.8. The molecule has 2 unspecified atom stereocenters. The number of carboxylic acid groups (broad SMARTS) is 1. The number of aliphatic hydroxyl groups excluding tert-OH is 1. The van der Waals surface area contributed by atoms with Crippen molar-refractivity contribution in [1.82, 2.24) is 0 Å². The van der Waals surface area contributed by atoms with Gasteiger partial charge in [0.05, 0.1) is 12.0 Å². The fourth-order valence-electron chi connectivity index (χ4n) is 2.40. The summed E-state index contributed by atoms with van der Waals surface area (Å²) < 4.78 is 0. The zero-order chi connectivity index (χ0) is 16.6. The highest BCUT2D eigenvalue weighted by Gasteiger charge is 2.12. The summed E-state index contributed by atoms with van der Waals surface area (Å²) in [4.78, 5) is 10.7. The van der Waals surface area contributed by atoms with E-state index in [4.69, 9.17) is 5.11 Å². The van der Waals surface area contributed by atoms with Crippen LogP contribution in [0.4, 0.5) is 0 Å². The number of unbranched alkanes of at least 4 members (excludes halogenated alkanes) is 9. The SMILES string of the molecule is CCCCCCCCCCCCC(O)CSCC(C)C(=O)O. The molecule has 3 nitrogen and oxygen atoms in total. The minimum absolute atomic E-state index is 0.278. The highest BCUT2D eigenvalue weighted by Crippen LogP contribution is 2.15. The van der Waals surface area contributed by atoms with E-state index in [-0.39, 0.29) is 12.0 Å². The molecule has 2 N–H and O–H groups in total. The lowest BCUT2D eigenvalue weighted by molar-refractivity contribution is -0.140. The Bertz CT molecular complexity index is 259. The maximum atomic E-state index is 10.7. The van der Waals surface area contributed by atoms with E-state index < -0.39 is 5.97 Å². The monoisotopic (exact) mass is 332 g/mol. The molecule has 4 heteroatoms. The Kier molecular flexibility index (Phi) is 15.5. The lowest BCUT2D eigenvalue weighted by atomic mass is 10.1. The average Bonchev–Trinajstić information content (AvgIpc) is 2.49. The van der Waals surface area contributed by atoms with Crippen molar-refractivity contribution < 1.29 is 15.0 Å². The first-order chi connectivity index (χ1) is 10.6. The molecule has 22 heavy (non-hydrogen) atoms. The Morgan fingerprint density at radius 1 is 0.909 bits per heavy atom. The second kappa shape index (κ2) is 15.7. The van der Waals surface area contributed by atoms with Gasteiger partial charge in [-0.15, -0.1) is 0 Å². The van der Waals surface area contributed by atoms with Crippen LogP contribution in [0.3, 0.4) is 0 Å². The molecule has 0 aliphatic carbocycles. The molecular weight excluding hydrogens is 296 g/mol. The van der Waals surface area contributed by atoms with Crippen LogP contribution in [-0.4, -0.2) is 33.8 Å². The van der Waals surface area contributed by atoms with Crippen LogP contribution in [0, 0.1) is 5.92 Å². The Labute approximate surface area is 141 Å². The fraction of sp³-hybridized carbons (Fsp3) is 0.944. The molecule has 0 spiro atoms. The van der Waals surface area contributed by atoms with Gasteiger partial charge in [0.1, 0.15) is 0 Å². The molecule has 0 amide bonds. The van der Waals surface area contributed by atoms with Gasteiger partial charge >= 0.3 is 5.97 Å². The molecule has 0 rings (SSSR count). The van der Waals surface area contributed by atoms with Gasteiger partial charge in [-0.2, -0.15) is 11.8 Å². The summed E-state index contributed by atoms with van der Waals surface area (Å²) in [6, 6.07) is 0. The van der Waals surface area contributed by atoms with Crippen molar-refractivity contribution in [1.29, 1.82) is 0 Å². The van der Waals surface area contributed by atoms with Crippen molar-refractivity contribution >= 4 is 17.7 Å². The minimum Gasteiger partial charge on any atom is -0.481 e. The number of carboxylic acids is 1. The summed E-state index contributed by atoms with van der Waals surface area (Å²) in [6.07, 6.45) is 13.7. The summed E-state index contributed by atoms with van der Waals surface area (Å²) in [6.45, 7) is 3.96. The predicted molar refractivity (Wildman–Crippen MR) is 96.6 cm³/mol. The number of hydrogen-bond donors (Lipinski definition) is 2. The van der Waals surface area contributed by atoms with E-state index in [0.29, 0.717) is 11.5 Å². The molecule has 0 aromatic heterocycles. The Morgan fingerprint density at radius 3 is 1.91 bits per heavy atom. The minimum atomic E-state index is -0.753. The van der Waals surface area contributed by atoms with Crippen molar-refractivity contribution in [3.8, 4) is 0 Å². The molecular formula is C18H36O3S. The highest BCUT2D eigenvalue weighted by molar-refractivity contribution is 7.99. The van der Waals surface area contributed by atoms with Crippen LogP contribution in [0.25, 0.3) is 0 Å². The molecule has 0 bridgehead atoms. The lowest BCUT2D eigenvalue weighted by Crippen LogP contribution is -2.15.